The summed E-state index contributed by atoms with van der Waals surface area (Å²) in [5.74, 6) is 0.829. The summed E-state index contributed by atoms with van der Waals surface area (Å²) in [7, 11) is -0.383. The van der Waals surface area contributed by atoms with Gasteiger partial charge in [-0.3, -0.25) is 0 Å². The third kappa shape index (κ3) is 6.07. The van der Waals surface area contributed by atoms with Crippen LogP contribution in [0.1, 0.15) is 54.0 Å². The van der Waals surface area contributed by atoms with E-state index in [2.05, 4.69) is 46.9 Å². The van der Waals surface area contributed by atoms with Crippen LogP contribution in [-0.4, -0.2) is 34.2 Å². The number of hydrogen-bond donors (Lipinski definition) is 1. The minimum Gasteiger partial charge on any atom is -0.497 e. The van der Waals surface area contributed by atoms with Crippen molar-refractivity contribution in [2.24, 2.45) is 0 Å². The van der Waals surface area contributed by atoms with E-state index in [9.17, 15) is 0 Å². The largest absolute Gasteiger partial charge is 0.497 e. The average molecular weight is 384 g/mol. The highest BCUT2D eigenvalue weighted by atomic mass is 28.4. The fourth-order valence-electron chi connectivity index (χ4n) is 4.04. The van der Waals surface area contributed by atoms with Gasteiger partial charge >= 0.3 is 0 Å². The molecule has 1 aromatic rings. The van der Waals surface area contributed by atoms with Crippen LogP contribution >= 0.6 is 0 Å². The van der Waals surface area contributed by atoms with Gasteiger partial charge in [0.1, 0.15) is 11.4 Å². The Bertz CT molecular complexity index is 508. The van der Waals surface area contributed by atoms with Gasteiger partial charge in [0.15, 0.2) is 8.32 Å². The van der Waals surface area contributed by atoms with Crippen LogP contribution in [0.25, 0.3) is 0 Å². The second-order valence-electron chi connectivity index (χ2n) is 8.47. The van der Waals surface area contributed by atoms with E-state index in [1.165, 1.54) is 0 Å². The summed E-state index contributed by atoms with van der Waals surface area (Å²) in [4.78, 5) is 0. The van der Waals surface area contributed by atoms with Crippen molar-refractivity contribution in [2.45, 2.75) is 77.3 Å². The quantitative estimate of drug-likeness (QED) is 0.497. The normalized spacial score (nSPS) is 14.9. The van der Waals surface area contributed by atoms with Gasteiger partial charge in [0.2, 0.25) is 0 Å². The Kier molecular flexibility index (Phi) is 8.77. The van der Waals surface area contributed by atoms with Gasteiger partial charge in [-0.15, -0.1) is 0 Å². The molecular formula is C21H38FNO2Si. The molecule has 1 unspecified atom stereocenters. The Balaban J connectivity index is 2.61. The molecule has 0 aliphatic rings. The lowest BCUT2D eigenvalue weighted by Crippen LogP contribution is -2.51. The molecule has 5 heteroatoms. The molecule has 0 aromatic heterocycles. The number of methoxy groups -OCH3 is 1. The molecule has 150 valence electrons. The summed E-state index contributed by atoms with van der Waals surface area (Å²) in [6.45, 7) is 16.0. The van der Waals surface area contributed by atoms with Crippen LogP contribution in [0.3, 0.4) is 0 Å². The Labute approximate surface area is 160 Å². The molecule has 0 heterocycles. The van der Waals surface area contributed by atoms with Crippen LogP contribution in [0.5, 0.6) is 5.75 Å². The minimum absolute atomic E-state index is 0.156. The molecule has 0 saturated carbocycles. The Morgan fingerprint density at radius 1 is 1.00 bits per heavy atom. The smallest absolute Gasteiger partial charge is 0.200 e. The van der Waals surface area contributed by atoms with Crippen molar-refractivity contribution in [1.29, 1.82) is 0 Å². The fraction of sp³-hybridized carbons (Fsp3) is 0.714. The summed E-state index contributed by atoms with van der Waals surface area (Å²) in [6.07, 6.45) is 0. The topological polar surface area (TPSA) is 30.5 Å². The first-order valence-electron chi connectivity index (χ1n) is 9.71. The maximum atomic E-state index is 15.0. The molecule has 1 N–H and O–H groups in total. The van der Waals surface area contributed by atoms with Crippen molar-refractivity contribution in [3.05, 3.63) is 29.8 Å². The Hall–Kier alpha value is -0.913. The molecule has 1 rings (SSSR count). The SMILES string of the molecule is COc1ccc(CNCC(C)(F)CO[Si](C(C)C)(C(C)C)C(C)C)cc1. The Morgan fingerprint density at radius 3 is 1.92 bits per heavy atom. The summed E-state index contributed by atoms with van der Waals surface area (Å²) in [6, 6.07) is 7.82. The van der Waals surface area contributed by atoms with Crippen molar-refractivity contribution in [1.82, 2.24) is 5.32 Å². The van der Waals surface area contributed by atoms with E-state index in [1.54, 1.807) is 14.0 Å². The molecule has 3 nitrogen and oxygen atoms in total. The van der Waals surface area contributed by atoms with Gasteiger partial charge in [-0.2, -0.15) is 0 Å². The zero-order valence-electron chi connectivity index (χ0n) is 17.9. The number of alkyl halides is 1. The summed E-state index contributed by atoms with van der Waals surface area (Å²) in [5, 5.41) is 3.22. The molecule has 0 radical (unpaired) electrons. The van der Waals surface area contributed by atoms with Gasteiger partial charge in [-0.1, -0.05) is 53.7 Å². The molecule has 0 saturated heterocycles. The highest BCUT2D eigenvalue weighted by Crippen LogP contribution is 2.42. The Morgan fingerprint density at radius 2 is 1.50 bits per heavy atom. The predicted molar refractivity (Wildman–Crippen MR) is 111 cm³/mol. The summed E-state index contributed by atoms with van der Waals surface area (Å²) >= 11 is 0. The molecule has 0 spiro atoms. The average Bonchev–Trinajstić information content (AvgIpc) is 2.54. The van der Waals surface area contributed by atoms with E-state index < -0.39 is 14.0 Å². The molecule has 0 fully saturated rings. The van der Waals surface area contributed by atoms with Gasteiger partial charge in [-0.25, -0.2) is 4.39 Å². The second-order valence-corrected chi connectivity index (χ2v) is 13.9. The van der Waals surface area contributed by atoms with Gasteiger partial charge < -0.3 is 14.5 Å². The molecule has 1 aromatic carbocycles. The van der Waals surface area contributed by atoms with E-state index in [1.807, 2.05) is 24.3 Å². The van der Waals surface area contributed by atoms with E-state index in [4.69, 9.17) is 9.16 Å². The first-order chi connectivity index (χ1) is 12.0. The molecule has 0 amide bonds. The van der Waals surface area contributed by atoms with E-state index in [0.717, 1.165) is 11.3 Å². The molecule has 1 atom stereocenters. The standard InChI is InChI=1S/C21H38FNO2Si/c1-16(2)26(17(3)4,18(5)6)25-15-21(7,22)14-23-13-19-9-11-20(24-8)12-10-19/h9-12,16-18,23H,13-15H2,1-8H3. The number of nitrogens with one attached hydrogen (secondary N) is 1. The van der Waals surface area contributed by atoms with Crippen LogP contribution in [0.15, 0.2) is 24.3 Å². The van der Waals surface area contributed by atoms with Crippen molar-refractivity contribution in [2.75, 3.05) is 20.3 Å². The van der Waals surface area contributed by atoms with Crippen molar-refractivity contribution >= 4 is 8.32 Å². The monoisotopic (exact) mass is 383 g/mol. The zero-order valence-corrected chi connectivity index (χ0v) is 18.9. The lowest BCUT2D eigenvalue weighted by Gasteiger charge is -2.43. The van der Waals surface area contributed by atoms with Crippen molar-refractivity contribution < 1.29 is 13.6 Å². The van der Waals surface area contributed by atoms with Crippen LogP contribution in [0.2, 0.25) is 16.6 Å². The van der Waals surface area contributed by atoms with Crippen molar-refractivity contribution in [3.8, 4) is 5.75 Å². The number of hydrogen-bond acceptors (Lipinski definition) is 3. The maximum Gasteiger partial charge on any atom is 0.200 e. The summed E-state index contributed by atoms with van der Waals surface area (Å²) < 4.78 is 26.6. The molecule has 0 aliphatic heterocycles. The van der Waals surface area contributed by atoms with Crippen LogP contribution in [-0.2, 0) is 11.0 Å². The molecular weight excluding hydrogens is 345 g/mol. The van der Waals surface area contributed by atoms with Crippen LogP contribution in [0, 0.1) is 0 Å². The third-order valence-electron chi connectivity index (χ3n) is 5.31. The van der Waals surface area contributed by atoms with Crippen molar-refractivity contribution in [3.63, 3.8) is 0 Å². The summed E-state index contributed by atoms with van der Waals surface area (Å²) in [5.41, 5.74) is 1.11. The molecule has 0 bridgehead atoms. The van der Waals surface area contributed by atoms with Gasteiger partial charge in [-0.05, 0) is 41.2 Å². The number of benzene rings is 1. The predicted octanol–water partition coefficient (Wildman–Crippen LogP) is 5.71. The van der Waals surface area contributed by atoms with Gasteiger partial charge in [0.05, 0.1) is 13.7 Å². The van der Waals surface area contributed by atoms with E-state index in [-0.39, 0.29) is 13.2 Å². The zero-order chi connectivity index (χ0) is 20.0. The number of ether oxygens (including phenoxy) is 1. The molecule has 26 heavy (non-hydrogen) atoms. The van der Waals surface area contributed by atoms with Crippen LogP contribution < -0.4 is 10.1 Å². The fourth-order valence-corrected chi connectivity index (χ4v) is 9.59. The highest BCUT2D eigenvalue weighted by molar-refractivity contribution is 6.77. The van der Waals surface area contributed by atoms with Gasteiger partial charge in [0.25, 0.3) is 0 Å². The third-order valence-corrected chi connectivity index (χ3v) is 11.4. The van der Waals surface area contributed by atoms with Crippen LogP contribution in [0.4, 0.5) is 4.39 Å². The van der Waals surface area contributed by atoms with E-state index in [0.29, 0.717) is 23.2 Å². The number of halogens is 1. The first kappa shape index (κ1) is 23.1. The maximum absolute atomic E-state index is 15.0. The molecule has 0 aliphatic carbocycles. The lowest BCUT2D eigenvalue weighted by atomic mass is 10.1. The van der Waals surface area contributed by atoms with Gasteiger partial charge in [0, 0.05) is 13.1 Å². The lowest BCUT2D eigenvalue weighted by molar-refractivity contribution is 0.0897. The first-order valence-corrected chi connectivity index (χ1v) is 11.9. The van der Waals surface area contributed by atoms with E-state index >= 15 is 4.39 Å². The highest BCUT2D eigenvalue weighted by Gasteiger charge is 2.46. The minimum atomic E-state index is -2.03. The number of rotatable bonds is 11. The second kappa shape index (κ2) is 9.86.